The summed E-state index contributed by atoms with van der Waals surface area (Å²) in [7, 11) is 0. The van der Waals surface area contributed by atoms with Gasteiger partial charge in [0.2, 0.25) is 0 Å². The Balaban J connectivity index is 2.61. The second kappa shape index (κ2) is 6.06. The Morgan fingerprint density at radius 3 is 2.53 bits per heavy atom. The molecule has 1 aromatic rings. The summed E-state index contributed by atoms with van der Waals surface area (Å²) in [6, 6.07) is 4.35. The molecule has 0 heterocycles. The molecule has 1 aromatic carbocycles. The van der Waals surface area contributed by atoms with Crippen LogP contribution in [0, 0.1) is 0 Å². The highest BCUT2D eigenvalue weighted by atomic mass is 79.9. The fraction of sp³-hybridized carbons (Fsp3) is 0.385. The van der Waals surface area contributed by atoms with Crippen molar-refractivity contribution in [2.24, 2.45) is 0 Å². The number of carbonyl (C=O) groups excluding carboxylic acids is 2. The molecule has 0 aliphatic carbocycles. The lowest BCUT2D eigenvalue weighted by atomic mass is 10.2. The van der Waals surface area contributed by atoms with Crippen molar-refractivity contribution in [2.45, 2.75) is 26.4 Å². The van der Waals surface area contributed by atoms with Gasteiger partial charge >= 0.3 is 11.9 Å². The highest BCUT2D eigenvalue weighted by Crippen LogP contribution is 2.22. The van der Waals surface area contributed by atoms with Crippen LogP contribution in [0.1, 0.15) is 31.1 Å². The summed E-state index contributed by atoms with van der Waals surface area (Å²) in [6.07, 6.45) is 0. The summed E-state index contributed by atoms with van der Waals surface area (Å²) >= 11 is 3.17. The van der Waals surface area contributed by atoms with Gasteiger partial charge in [-0.3, -0.25) is 0 Å². The number of hydrogen-bond acceptors (Lipinski definition) is 5. The zero-order valence-electron chi connectivity index (χ0n) is 10.9. The summed E-state index contributed by atoms with van der Waals surface area (Å²) in [5.74, 6) is -1.64. The molecule has 1 N–H and O–H groups in total. The number of aromatic hydroxyl groups is 1. The van der Waals surface area contributed by atoms with Crippen molar-refractivity contribution in [1.82, 2.24) is 0 Å². The van der Waals surface area contributed by atoms with Gasteiger partial charge in [-0.15, -0.1) is 0 Å². The molecular weight excluding hydrogens is 316 g/mol. The lowest BCUT2D eigenvalue weighted by molar-refractivity contribution is -0.158. The van der Waals surface area contributed by atoms with E-state index in [4.69, 9.17) is 9.47 Å². The Kier molecular flexibility index (Phi) is 4.94. The predicted molar refractivity (Wildman–Crippen MR) is 71.9 cm³/mol. The monoisotopic (exact) mass is 330 g/mol. The molecule has 0 spiro atoms. The molecule has 5 nitrogen and oxygen atoms in total. The minimum Gasteiger partial charge on any atom is -0.507 e. The number of phenols is 1. The summed E-state index contributed by atoms with van der Waals surface area (Å²) in [5, 5.41) is 9.52. The van der Waals surface area contributed by atoms with E-state index in [2.05, 4.69) is 15.9 Å². The number of carbonyl (C=O) groups is 2. The lowest BCUT2D eigenvalue weighted by Gasteiger charge is -2.19. The summed E-state index contributed by atoms with van der Waals surface area (Å²) < 4.78 is 10.4. The molecule has 0 aliphatic rings. The van der Waals surface area contributed by atoms with Crippen LogP contribution in [0.2, 0.25) is 0 Å². The highest BCUT2D eigenvalue weighted by Gasteiger charge is 2.19. The maximum atomic E-state index is 11.7. The molecule has 0 atom stereocenters. The van der Waals surface area contributed by atoms with Crippen LogP contribution in [0.25, 0.3) is 0 Å². The van der Waals surface area contributed by atoms with Gasteiger partial charge in [-0.05, 0) is 39.0 Å². The standard InChI is InChI=1S/C13H15BrO5/c1-13(2,3)19-11(16)7-18-12(17)9-6-8(14)4-5-10(9)15/h4-6,15H,7H2,1-3H3. The predicted octanol–water partition coefficient (Wildman–Crippen LogP) is 2.65. The van der Waals surface area contributed by atoms with E-state index in [1.807, 2.05) is 0 Å². The fourth-order valence-electron chi connectivity index (χ4n) is 1.24. The average Bonchev–Trinajstić information content (AvgIpc) is 2.27. The van der Waals surface area contributed by atoms with Gasteiger partial charge in [0.05, 0.1) is 0 Å². The van der Waals surface area contributed by atoms with Crippen LogP contribution in [0.5, 0.6) is 5.75 Å². The second-order valence-electron chi connectivity index (χ2n) is 4.82. The molecule has 0 radical (unpaired) electrons. The molecule has 0 saturated heterocycles. The van der Waals surface area contributed by atoms with Gasteiger partial charge in [0.1, 0.15) is 16.9 Å². The van der Waals surface area contributed by atoms with E-state index >= 15 is 0 Å². The smallest absolute Gasteiger partial charge is 0.344 e. The van der Waals surface area contributed by atoms with Crippen molar-refractivity contribution in [3.63, 3.8) is 0 Å². The number of halogens is 1. The van der Waals surface area contributed by atoms with E-state index in [9.17, 15) is 14.7 Å². The zero-order chi connectivity index (χ0) is 14.6. The largest absolute Gasteiger partial charge is 0.507 e. The van der Waals surface area contributed by atoms with Gasteiger partial charge in [-0.2, -0.15) is 0 Å². The molecule has 0 fully saturated rings. The molecule has 0 amide bonds. The van der Waals surface area contributed by atoms with Crippen LogP contribution < -0.4 is 0 Å². The van der Waals surface area contributed by atoms with Crippen LogP contribution in [0.4, 0.5) is 0 Å². The highest BCUT2D eigenvalue weighted by molar-refractivity contribution is 9.10. The third-order valence-electron chi connectivity index (χ3n) is 1.92. The van der Waals surface area contributed by atoms with E-state index < -0.39 is 24.1 Å². The fourth-order valence-corrected chi connectivity index (χ4v) is 1.61. The first kappa shape index (κ1) is 15.5. The minimum atomic E-state index is -0.787. The van der Waals surface area contributed by atoms with Gasteiger partial charge in [0, 0.05) is 4.47 Å². The van der Waals surface area contributed by atoms with E-state index in [1.165, 1.54) is 12.1 Å². The lowest BCUT2D eigenvalue weighted by Crippen LogP contribution is -2.27. The molecule has 19 heavy (non-hydrogen) atoms. The van der Waals surface area contributed by atoms with Gasteiger partial charge in [-0.1, -0.05) is 15.9 Å². The third kappa shape index (κ3) is 5.30. The maximum Gasteiger partial charge on any atom is 0.344 e. The van der Waals surface area contributed by atoms with Crippen molar-refractivity contribution >= 4 is 27.9 Å². The Hall–Kier alpha value is -1.56. The number of benzene rings is 1. The maximum absolute atomic E-state index is 11.7. The van der Waals surface area contributed by atoms with Crippen LogP contribution in [0.3, 0.4) is 0 Å². The number of hydrogen-bond donors (Lipinski definition) is 1. The van der Waals surface area contributed by atoms with Crippen LogP contribution >= 0.6 is 15.9 Å². The molecule has 0 unspecified atom stereocenters. The number of phenolic OH excluding ortho intramolecular Hbond substituents is 1. The van der Waals surface area contributed by atoms with Crippen LogP contribution in [-0.4, -0.2) is 29.3 Å². The molecule has 0 saturated carbocycles. The van der Waals surface area contributed by atoms with Gasteiger partial charge in [0.15, 0.2) is 6.61 Å². The normalized spacial score (nSPS) is 10.9. The number of ether oxygens (including phenoxy) is 2. The van der Waals surface area contributed by atoms with Crippen molar-refractivity contribution < 1.29 is 24.2 Å². The first-order valence-corrected chi connectivity index (χ1v) is 6.36. The average molecular weight is 331 g/mol. The number of esters is 2. The van der Waals surface area contributed by atoms with E-state index in [1.54, 1.807) is 26.8 Å². The number of rotatable bonds is 3. The summed E-state index contributed by atoms with van der Waals surface area (Å²) in [6.45, 7) is 4.65. The van der Waals surface area contributed by atoms with Crippen molar-refractivity contribution in [2.75, 3.05) is 6.61 Å². The van der Waals surface area contributed by atoms with E-state index in [0.717, 1.165) is 0 Å². The molecular formula is C13H15BrO5. The molecule has 1 rings (SSSR count). The Morgan fingerprint density at radius 1 is 1.32 bits per heavy atom. The molecule has 0 bridgehead atoms. The quantitative estimate of drug-likeness (QED) is 0.862. The molecule has 104 valence electrons. The Morgan fingerprint density at radius 2 is 1.95 bits per heavy atom. The Bertz CT molecular complexity index is 490. The first-order chi connectivity index (χ1) is 8.69. The van der Waals surface area contributed by atoms with E-state index in [0.29, 0.717) is 4.47 Å². The summed E-state index contributed by atoms with van der Waals surface area (Å²) in [5.41, 5.74) is -0.653. The van der Waals surface area contributed by atoms with E-state index in [-0.39, 0.29) is 11.3 Å². The van der Waals surface area contributed by atoms with Crippen LogP contribution in [-0.2, 0) is 14.3 Å². The third-order valence-corrected chi connectivity index (χ3v) is 2.41. The minimum absolute atomic E-state index is 0.0158. The molecule has 6 heteroatoms. The Labute approximate surface area is 119 Å². The van der Waals surface area contributed by atoms with Gasteiger partial charge in [0.25, 0.3) is 0 Å². The second-order valence-corrected chi connectivity index (χ2v) is 5.74. The van der Waals surface area contributed by atoms with Crippen molar-refractivity contribution in [3.05, 3.63) is 28.2 Å². The van der Waals surface area contributed by atoms with Gasteiger partial charge in [-0.25, -0.2) is 9.59 Å². The first-order valence-electron chi connectivity index (χ1n) is 5.56. The SMILES string of the molecule is CC(C)(C)OC(=O)COC(=O)c1cc(Br)ccc1O. The van der Waals surface area contributed by atoms with Crippen molar-refractivity contribution in [3.8, 4) is 5.75 Å². The van der Waals surface area contributed by atoms with Crippen molar-refractivity contribution in [1.29, 1.82) is 0 Å². The topological polar surface area (TPSA) is 72.8 Å². The summed E-state index contributed by atoms with van der Waals surface area (Å²) in [4.78, 5) is 23.1. The van der Waals surface area contributed by atoms with Crippen LogP contribution in [0.15, 0.2) is 22.7 Å². The van der Waals surface area contributed by atoms with Gasteiger partial charge < -0.3 is 14.6 Å². The molecule has 0 aliphatic heterocycles. The zero-order valence-corrected chi connectivity index (χ0v) is 12.5. The molecule has 0 aromatic heterocycles.